The number of rotatable bonds is 1. The highest BCUT2D eigenvalue weighted by atomic mass is 15.2. The first kappa shape index (κ1) is 8.55. The number of nitrogens with zero attached hydrogens (tertiary/aromatic N) is 2. The van der Waals surface area contributed by atoms with Gasteiger partial charge in [-0.3, -0.25) is 0 Å². The number of hydrogen-bond donors (Lipinski definition) is 0. The number of likely N-dealkylation sites (tertiary alicyclic amines) is 1. The quantitative estimate of drug-likeness (QED) is 0.569. The zero-order valence-corrected chi connectivity index (χ0v) is 7.54. The van der Waals surface area contributed by atoms with Crippen LogP contribution in [0, 0.1) is 23.2 Å². The Hall–Kier alpha value is -0.550. The molecule has 1 aliphatic rings. The van der Waals surface area contributed by atoms with E-state index in [1.54, 1.807) is 0 Å². The van der Waals surface area contributed by atoms with Gasteiger partial charge in [0.05, 0.1) is 12.0 Å². The summed E-state index contributed by atoms with van der Waals surface area (Å²) in [5, 5.41) is 8.83. The van der Waals surface area contributed by atoms with Gasteiger partial charge in [-0.15, -0.1) is 0 Å². The molecule has 0 spiro atoms. The van der Waals surface area contributed by atoms with Gasteiger partial charge in [-0.1, -0.05) is 13.8 Å². The third kappa shape index (κ3) is 1.54. The predicted octanol–water partition coefficient (Wildman–Crippen LogP) is 1.49. The molecule has 1 fully saturated rings. The second-order valence-electron chi connectivity index (χ2n) is 3.74. The number of hydrogen-bond acceptors (Lipinski definition) is 2. The van der Waals surface area contributed by atoms with Gasteiger partial charge in [0.15, 0.2) is 0 Å². The van der Waals surface area contributed by atoms with Crippen LogP contribution in [0.15, 0.2) is 0 Å². The molecule has 0 bridgehead atoms. The van der Waals surface area contributed by atoms with E-state index in [1.165, 1.54) is 0 Å². The topological polar surface area (TPSA) is 27.0 Å². The summed E-state index contributed by atoms with van der Waals surface area (Å²) < 4.78 is 0. The van der Waals surface area contributed by atoms with Crippen LogP contribution in [0.1, 0.15) is 20.3 Å². The lowest BCUT2D eigenvalue weighted by Gasteiger charge is -2.25. The van der Waals surface area contributed by atoms with Crippen LogP contribution < -0.4 is 0 Å². The van der Waals surface area contributed by atoms with Gasteiger partial charge in [-0.2, -0.15) is 5.26 Å². The van der Waals surface area contributed by atoms with Crippen molar-refractivity contribution in [3.8, 4) is 6.07 Å². The summed E-state index contributed by atoms with van der Waals surface area (Å²) in [6.45, 7) is 5.47. The van der Waals surface area contributed by atoms with Gasteiger partial charge in [-0.05, 0) is 25.9 Å². The summed E-state index contributed by atoms with van der Waals surface area (Å²) in [5.41, 5.74) is 0. The molecule has 0 N–H and O–H groups in total. The highest BCUT2D eigenvalue weighted by Gasteiger charge is 2.33. The highest BCUT2D eigenvalue weighted by Crippen LogP contribution is 2.27. The van der Waals surface area contributed by atoms with Crippen molar-refractivity contribution < 1.29 is 0 Å². The van der Waals surface area contributed by atoms with E-state index in [4.69, 9.17) is 5.26 Å². The largest absolute Gasteiger partial charge is 0.302 e. The third-order valence-electron chi connectivity index (χ3n) is 2.56. The van der Waals surface area contributed by atoms with E-state index >= 15 is 0 Å². The molecule has 1 aliphatic heterocycles. The summed E-state index contributed by atoms with van der Waals surface area (Å²) in [6, 6.07) is 2.87. The Morgan fingerprint density at radius 3 is 2.55 bits per heavy atom. The highest BCUT2D eigenvalue weighted by molar-refractivity contribution is 4.98. The van der Waals surface area contributed by atoms with Crippen LogP contribution in [0.25, 0.3) is 0 Å². The molecular formula is C9H16N2. The number of nitriles is 1. The molecule has 62 valence electrons. The van der Waals surface area contributed by atoms with E-state index in [0.717, 1.165) is 13.0 Å². The molecular weight excluding hydrogens is 136 g/mol. The molecule has 0 aromatic rings. The molecule has 1 rings (SSSR count). The second-order valence-corrected chi connectivity index (χ2v) is 3.74. The first-order valence-electron chi connectivity index (χ1n) is 4.26. The molecule has 2 heteroatoms. The van der Waals surface area contributed by atoms with Crippen molar-refractivity contribution in [1.82, 2.24) is 4.90 Å². The summed E-state index contributed by atoms with van der Waals surface area (Å²) in [7, 11) is 2.11. The molecule has 0 amide bonds. The van der Waals surface area contributed by atoms with Crippen molar-refractivity contribution in [2.45, 2.75) is 26.3 Å². The van der Waals surface area contributed by atoms with Gasteiger partial charge < -0.3 is 4.90 Å². The Kier molecular flexibility index (Phi) is 2.51. The van der Waals surface area contributed by atoms with Gasteiger partial charge in [-0.25, -0.2) is 0 Å². The molecule has 0 radical (unpaired) electrons. The minimum absolute atomic E-state index is 0.264. The van der Waals surface area contributed by atoms with Crippen molar-refractivity contribution in [3.05, 3.63) is 0 Å². The smallest absolute Gasteiger partial charge is 0.0672 e. The molecule has 2 atom stereocenters. The second kappa shape index (κ2) is 3.23. The van der Waals surface area contributed by atoms with Crippen LogP contribution in [0.4, 0.5) is 0 Å². The molecule has 2 unspecified atom stereocenters. The average Bonchev–Trinajstić information content (AvgIpc) is 2.30. The van der Waals surface area contributed by atoms with Crippen LogP contribution in [-0.2, 0) is 0 Å². The van der Waals surface area contributed by atoms with Crippen molar-refractivity contribution in [3.63, 3.8) is 0 Å². The Balaban J connectivity index is 2.65. The zero-order valence-electron chi connectivity index (χ0n) is 7.54. The van der Waals surface area contributed by atoms with Crippen LogP contribution in [0.3, 0.4) is 0 Å². The maximum Gasteiger partial charge on any atom is 0.0672 e. The van der Waals surface area contributed by atoms with Crippen LogP contribution in [-0.4, -0.2) is 24.5 Å². The lowest BCUT2D eigenvalue weighted by molar-refractivity contribution is 0.230. The fraction of sp³-hybridized carbons (Fsp3) is 0.889. The molecule has 0 aromatic heterocycles. The lowest BCUT2D eigenvalue weighted by atomic mass is 9.93. The van der Waals surface area contributed by atoms with Gasteiger partial charge in [0.2, 0.25) is 0 Å². The van der Waals surface area contributed by atoms with Gasteiger partial charge in [0.1, 0.15) is 0 Å². The summed E-state index contributed by atoms with van der Waals surface area (Å²) in [4.78, 5) is 2.30. The first-order valence-corrected chi connectivity index (χ1v) is 4.26. The Morgan fingerprint density at radius 1 is 1.55 bits per heavy atom. The van der Waals surface area contributed by atoms with E-state index in [0.29, 0.717) is 12.0 Å². The molecule has 0 aromatic carbocycles. The van der Waals surface area contributed by atoms with E-state index in [9.17, 15) is 0 Å². The average molecular weight is 152 g/mol. The Morgan fingerprint density at radius 2 is 2.18 bits per heavy atom. The van der Waals surface area contributed by atoms with E-state index in [2.05, 4.69) is 31.9 Å². The fourth-order valence-corrected chi connectivity index (χ4v) is 2.08. The first-order chi connectivity index (χ1) is 5.16. The maximum atomic E-state index is 8.83. The van der Waals surface area contributed by atoms with Gasteiger partial charge >= 0.3 is 0 Å². The monoisotopic (exact) mass is 152 g/mol. The minimum atomic E-state index is 0.264. The van der Waals surface area contributed by atoms with Gasteiger partial charge in [0.25, 0.3) is 0 Å². The Labute approximate surface area is 68.8 Å². The van der Waals surface area contributed by atoms with E-state index in [-0.39, 0.29) is 5.92 Å². The van der Waals surface area contributed by atoms with Crippen molar-refractivity contribution >= 4 is 0 Å². The third-order valence-corrected chi connectivity index (χ3v) is 2.56. The van der Waals surface area contributed by atoms with Crippen LogP contribution >= 0.6 is 0 Å². The summed E-state index contributed by atoms with van der Waals surface area (Å²) >= 11 is 0. The standard InChI is InChI=1S/C9H16N2/c1-7(2)9-8(6-10)4-5-11(9)3/h7-9H,4-5H2,1-3H3. The van der Waals surface area contributed by atoms with Crippen molar-refractivity contribution in [2.75, 3.05) is 13.6 Å². The molecule has 2 nitrogen and oxygen atoms in total. The van der Waals surface area contributed by atoms with Crippen molar-refractivity contribution in [2.24, 2.45) is 11.8 Å². The predicted molar refractivity (Wildman–Crippen MR) is 45.0 cm³/mol. The summed E-state index contributed by atoms with van der Waals surface area (Å²) in [6.07, 6.45) is 1.05. The zero-order chi connectivity index (χ0) is 8.43. The van der Waals surface area contributed by atoms with Crippen molar-refractivity contribution in [1.29, 1.82) is 5.26 Å². The SMILES string of the molecule is CC(C)C1C(C#N)CCN1C. The molecule has 1 saturated heterocycles. The summed E-state index contributed by atoms with van der Waals surface area (Å²) in [5.74, 6) is 0.868. The minimum Gasteiger partial charge on any atom is -0.302 e. The molecule has 0 saturated carbocycles. The fourth-order valence-electron chi connectivity index (χ4n) is 2.08. The molecule has 11 heavy (non-hydrogen) atoms. The lowest BCUT2D eigenvalue weighted by Crippen LogP contribution is -2.33. The maximum absolute atomic E-state index is 8.83. The molecule has 1 heterocycles. The van der Waals surface area contributed by atoms with Gasteiger partial charge in [0, 0.05) is 6.04 Å². The van der Waals surface area contributed by atoms with Crippen LogP contribution in [0.5, 0.6) is 0 Å². The molecule has 0 aliphatic carbocycles. The van der Waals surface area contributed by atoms with Crippen LogP contribution in [0.2, 0.25) is 0 Å². The normalized spacial score (nSPS) is 32.6. The van der Waals surface area contributed by atoms with E-state index in [1.807, 2.05) is 0 Å². The van der Waals surface area contributed by atoms with E-state index < -0.39 is 0 Å². The Bertz CT molecular complexity index is 169.